The van der Waals surface area contributed by atoms with Gasteiger partial charge in [0.15, 0.2) is 0 Å². The van der Waals surface area contributed by atoms with Crippen molar-refractivity contribution in [3.05, 3.63) is 29.6 Å². The van der Waals surface area contributed by atoms with Crippen LogP contribution in [0.3, 0.4) is 0 Å². The van der Waals surface area contributed by atoms with Gasteiger partial charge in [0.2, 0.25) is 0 Å². The highest BCUT2D eigenvalue weighted by atomic mass is 35.5. The molecule has 0 bridgehead atoms. The summed E-state index contributed by atoms with van der Waals surface area (Å²) in [7, 11) is 0. The first kappa shape index (κ1) is 22.3. The highest BCUT2D eigenvalue weighted by molar-refractivity contribution is 5.85. The Morgan fingerprint density at radius 2 is 1.80 bits per heavy atom. The van der Waals surface area contributed by atoms with Crippen molar-refractivity contribution in [3.63, 3.8) is 0 Å². The van der Waals surface area contributed by atoms with Crippen molar-refractivity contribution < 1.29 is 22.3 Å². The third-order valence-corrected chi connectivity index (χ3v) is 4.41. The molecular formula is C16H22Cl2F4N2O. The quantitative estimate of drug-likeness (QED) is 0.739. The number of halogens is 6. The molecule has 3 nitrogen and oxygen atoms in total. The maximum absolute atomic E-state index is 14.3. The predicted molar refractivity (Wildman–Crippen MR) is 92.1 cm³/mol. The molecule has 1 heterocycles. The second-order valence-electron chi connectivity index (χ2n) is 6.21. The van der Waals surface area contributed by atoms with E-state index in [0.717, 1.165) is 57.6 Å². The number of hydrogen-bond donors (Lipinski definition) is 1. The zero-order valence-electron chi connectivity index (χ0n) is 13.5. The van der Waals surface area contributed by atoms with Gasteiger partial charge in [-0.2, -0.15) is 0 Å². The lowest BCUT2D eigenvalue weighted by molar-refractivity contribution is -0.274. The van der Waals surface area contributed by atoms with E-state index in [1.807, 2.05) is 0 Å². The van der Waals surface area contributed by atoms with Crippen LogP contribution in [-0.4, -0.2) is 37.4 Å². The zero-order valence-corrected chi connectivity index (χ0v) is 15.2. The largest absolute Gasteiger partial charge is 0.573 e. The summed E-state index contributed by atoms with van der Waals surface area (Å²) in [5.41, 5.74) is 0.306. The second-order valence-corrected chi connectivity index (χ2v) is 6.21. The summed E-state index contributed by atoms with van der Waals surface area (Å²) in [6, 6.07) is 3.11. The summed E-state index contributed by atoms with van der Waals surface area (Å²) in [6.07, 6.45) is -1.76. The van der Waals surface area contributed by atoms with Crippen LogP contribution in [-0.2, 0) is 0 Å². The lowest BCUT2D eigenvalue weighted by atomic mass is 9.98. The van der Waals surface area contributed by atoms with Crippen molar-refractivity contribution in [3.8, 4) is 5.75 Å². The molecule has 1 aromatic carbocycles. The minimum absolute atomic E-state index is 0. The molecule has 1 aliphatic heterocycles. The van der Waals surface area contributed by atoms with Crippen molar-refractivity contribution in [1.82, 2.24) is 10.2 Å². The Labute approximate surface area is 156 Å². The van der Waals surface area contributed by atoms with Crippen LogP contribution < -0.4 is 10.1 Å². The summed E-state index contributed by atoms with van der Waals surface area (Å²) in [4.78, 5) is 2.16. The van der Waals surface area contributed by atoms with E-state index in [1.54, 1.807) is 0 Å². The Morgan fingerprint density at radius 1 is 1.16 bits per heavy atom. The molecule has 2 fully saturated rings. The molecule has 3 rings (SSSR count). The summed E-state index contributed by atoms with van der Waals surface area (Å²) in [6.45, 7) is 3.14. The van der Waals surface area contributed by atoms with E-state index in [9.17, 15) is 17.6 Å². The van der Waals surface area contributed by atoms with Crippen LogP contribution in [0.4, 0.5) is 17.6 Å². The average molecular weight is 405 g/mol. The first-order valence-corrected chi connectivity index (χ1v) is 7.92. The van der Waals surface area contributed by atoms with Gasteiger partial charge in [0.05, 0.1) is 0 Å². The number of benzene rings is 1. The Kier molecular flexibility index (Phi) is 8.25. The Balaban J connectivity index is 0.00000156. The monoisotopic (exact) mass is 404 g/mol. The van der Waals surface area contributed by atoms with Crippen molar-refractivity contribution in [2.45, 2.75) is 31.7 Å². The van der Waals surface area contributed by atoms with E-state index in [-0.39, 0.29) is 36.6 Å². The molecular weight excluding hydrogens is 383 g/mol. The first-order chi connectivity index (χ1) is 10.9. The smallest absolute Gasteiger partial charge is 0.406 e. The summed E-state index contributed by atoms with van der Waals surface area (Å²) >= 11 is 0. The molecule has 0 unspecified atom stereocenters. The standard InChI is InChI=1S/C16H20F4N2O.2ClH/c17-14-4-3-12(23-16(18,19)20)10-13(14)15(9-11-1-2-11)22-7-5-21-6-8-22;;/h3-4,10-11,15,21H,1-2,5-9H2;2*1H/t15-;;/m0../s1. The van der Waals surface area contributed by atoms with Gasteiger partial charge in [-0.3, -0.25) is 4.90 Å². The summed E-state index contributed by atoms with van der Waals surface area (Å²) in [5.74, 6) is -0.282. The number of ether oxygens (including phenoxy) is 1. The van der Waals surface area contributed by atoms with Gasteiger partial charge in [-0.15, -0.1) is 38.0 Å². The molecule has 1 atom stereocenters. The van der Waals surface area contributed by atoms with Crippen LogP contribution in [0.25, 0.3) is 0 Å². The number of nitrogens with one attached hydrogen (secondary N) is 1. The second kappa shape index (κ2) is 9.26. The van der Waals surface area contributed by atoms with Crippen molar-refractivity contribution in [1.29, 1.82) is 0 Å². The van der Waals surface area contributed by atoms with Gasteiger partial charge < -0.3 is 10.1 Å². The maximum atomic E-state index is 14.3. The van der Waals surface area contributed by atoms with Gasteiger partial charge in [0, 0.05) is 37.8 Å². The molecule has 0 aromatic heterocycles. The third-order valence-electron chi connectivity index (χ3n) is 4.41. The number of rotatable bonds is 5. The lowest BCUT2D eigenvalue weighted by Crippen LogP contribution is -2.45. The lowest BCUT2D eigenvalue weighted by Gasteiger charge is -2.35. The van der Waals surface area contributed by atoms with Crippen LogP contribution in [0.15, 0.2) is 18.2 Å². The minimum Gasteiger partial charge on any atom is -0.406 e. The molecule has 1 aromatic rings. The van der Waals surface area contributed by atoms with Crippen LogP contribution in [0.5, 0.6) is 5.75 Å². The highest BCUT2D eigenvalue weighted by Gasteiger charge is 2.34. The number of hydrogen-bond acceptors (Lipinski definition) is 3. The summed E-state index contributed by atoms with van der Waals surface area (Å²) < 4.78 is 55.5. The molecule has 0 spiro atoms. The van der Waals surface area contributed by atoms with Gasteiger partial charge in [0.25, 0.3) is 0 Å². The van der Waals surface area contributed by atoms with Crippen LogP contribution in [0, 0.1) is 11.7 Å². The van der Waals surface area contributed by atoms with Gasteiger partial charge in [-0.25, -0.2) is 4.39 Å². The normalized spacial score (nSPS) is 19.5. The van der Waals surface area contributed by atoms with E-state index < -0.39 is 12.2 Å². The minimum atomic E-state index is -4.77. The van der Waals surface area contributed by atoms with Crippen LogP contribution >= 0.6 is 24.8 Å². The van der Waals surface area contributed by atoms with Gasteiger partial charge >= 0.3 is 6.36 Å². The van der Waals surface area contributed by atoms with Crippen LogP contribution in [0.1, 0.15) is 30.9 Å². The molecule has 2 aliphatic rings. The van der Waals surface area contributed by atoms with Gasteiger partial charge in [0.1, 0.15) is 11.6 Å². The number of alkyl halides is 3. The SMILES string of the molecule is Cl.Cl.Fc1ccc(OC(F)(F)F)cc1[C@H](CC1CC1)N1CCNCC1. The van der Waals surface area contributed by atoms with E-state index in [1.165, 1.54) is 6.07 Å². The van der Waals surface area contributed by atoms with E-state index in [4.69, 9.17) is 0 Å². The third kappa shape index (κ3) is 6.47. The average Bonchev–Trinajstić information content (AvgIpc) is 3.31. The Morgan fingerprint density at radius 3 is 2.36 bits per heavy atom. The Hall–Kier alpha value is -0.760. The summed E-state index contributed by atoms with van der Waals surface area (Å²) in [5, 5.41) is 3.24. The Bertz CT molecular complexity index is 549. The predicted octanol–water partition coefficient (Wildman–Crippen LogP) is 4.31. The van der Waals surface area contributed by atoms with Crippen molar-refractivity contribution in [2.75, 3.05) is 26.2 Å². The first-order valence-electron chi connectivity index (χ1n) is 7.92. The van der Waals surface area contributed by atoms with E-state index in [2.05, 4.69) is 15.0 Å². The van der Waals surface area contributed by atoms with E-state index in [0.29, 0.717) is 11.5 Å². The molecule has 0 amide bonds. The molecule has 144 valence electrons. The topological polar surface area (TPSA) is 24.5 Å². The highest BCUT2D eigenvalue weighted by Crippen LogP contribution is 2.41. The fraction of sp³-hybridized carbons (Fsp3) is 0.625. The van der Waals surface area contributed by atoms with Crippen molar-refractivity contribution in [2.24, 2.45) is 5.92 Å². The van der Waals surface area contributed by atoms with Gasteiger partial charge in [-0.1, -0.05) is 12.8 Å². The molecule has 9 heteroatoms. The molecule has 1 aliphatic carbocycles. The zero-order chi connectivity index (χ0) is 16.4. The van der Waals surface area contributed by atoms with Crippen LogP contribution in [0.2, 0.25) is 0 Å². The maximum Gasteiger partial charge on any atom is 0.573 e. The molecule has 1 N–H and O–H groups in total. The fourth-order valence-corrected chi connectivity index (χ4v) is 3.11. The number of piperazine rings is 1. The molecule has 25 heavy (non-hydrogen) atoms. The molecule has 0 radical (unpaired) electrons. The van der Waals surface area contributed by atoms with E-state index >= 15 is 0 Å². The molecule has 1 saturated heterocycles. The van der Waals surface area contributed by atoms with Crippen molar-refractivity contribution >= 4 is 24.8 Å². The van der Waals surface area contributed by atoms with Gasteiger partial charge in [-0.05, 0) is 30.5 Å². The molecule has 1 saturated carbocycles. The fourth-order valence-electron chi connectivity index (χ4n) is 3.11. The number of nitrogens with zero attached hydrogens (tertiary/aromatic N) is 1.